The summed E-state index contributed by atoms with van der Waals surface area (Å²) in [6, 6.07) is 6.08. The summed E-state index contributed by atoms with van der Waals surface area (Å²) < 4.78 is 0. The second-order valence-corrected chi connectivity index (χ2v) is 5.51. The molecule has 1 saturated carbocycles. The van der Waals surface area contributed by atoms with Crippen LogP contribution in [0.1, 0.15) is 38.8 Å². The predicted molar refractivity (Wildman–Crippen MR) is 67.0 cm³/mol. The standard InChI is InChI=1S/C14H22N2/c1-11-6-7-14(15,12(2)9-11)10-13-5-3-4-8-16-13/h3-5,8,11-12H,6-7,9-10,15H2,1-2H3. The van der Waals surface area contributed by atoms with Crippen molar-refractivity contribution in [3.8, 4) is 0 Å². The molecule has 3 unspecified atom stereocenters. The monoisotopic (exact) mass is 218 g/mol. The van der Waals surface area contributed by atoms with Gasteiger partial charge < -0.3 is 5.73 Å². The Morgan fingerprint density at radius 1 is 1.44 bits per heavy atom. The van der Waals surface area contributed by atoms with Gasteiger partial charge in [-0.25, -0.2) is 0 Å². The van der Waals surface area contributed by atoms with E-state index in [1.165, 1.54) is 12.8 Å². The van der Waals surface area contributed by atoms with Crippen LogP contribution in [0.3, 0.4) is 0 Å². The lowest BCUT2D eigenvalue weighted by Crippen LogP contribution is -2.51. The molecule has 0 spiro atoms. The molecule has 0 amide bonds. The number of aromatic nitrogens is 1. The van der Waals surface area contributed by atoms with Gasteiger partial charge >= 0.3 is 0 Å². The van der Waals surface area contributed by atoms with Gasteiger partial charge in [0.2, 0.25) is 0 Å². The number of pyridine rings is 1. The molecular formula is C14H22N2. The molecule has 1 aromatic heterocycles. The van der Waals surface area contributed by atoms with Gasteiger partial charge in [0, 0.05) is 23.9 Å². The highest BCUT2D eigenvalue weighted by Crippen LogP contribution is 2.36. The van der Waals surface area contributed by atoms with Crippen molar-refractivity contribution in [2.24, 2.45) is 17.6 Å². The van der Waals surface area contributed by atoms with Gasteiger partial charge in [-0.3, -0.25) is 4.98 Å². The fraction of sp³-hybridized carbons (Fsp3) is 0.643. The van der Waals surface area contributed by atoms with Crippen molar-refractivity contribution < 1.29 is 0 Å². The third-order valence-electron chi connectivity index (χ3n) is 4.08. The molecule has 1 aliphatic carbocycles. The largest absolute Gasteiger partial charge is 0.325 e. The molecular weight excluding hydrogens is 196 g/mol. The molecule has 0 radical (unpaired) electrons. The van der Waals surface area contributed by atoms with Gasteiger partial charge in [-0.1, -0.05) is 19.9 Å². The number of hydrogen-bond donors (Lipinski definition) is 1. The van der Waals surface area contributed by atoms with Gasteiger partial charge in [0.25, 0.3) is 0 Å². The Bertz CT molecular complexity index is 336. The Hall–Kier alpha value is -0.890. The lowest BCUT2D eigenvalue weighted by Gasteiger charge is -2.42. The van der Waals surface area contributed by atoms with E-state index in [1.54, 1.807) is 0 Å². The van der Waals surface area contributed by atoms with Crippen molar-refractivity contribution in [3.63, 3.8) is 0 Å². The smallest absolute Gasteiger partial charge is 0.0422 e. The Labute approximate surface area is 98.3 Å². The minimum Gasteiger partial charge on any atom is -0.325 e. The van der Waals surface area contributed by atoms with E-state index in [0.717, 1.165) is 24.5 Å². The predicted octanol–water partition coefficient (Wildman–Crippen LogP) is 2.78. The first-order chi connectivity index (χ1) is 7.60. The molecule has 1 heterocycles. The second kappa shape index (κ2) is 4.54. The zero-order valence-electron chi connectivity index (χ0n) is 10.3. The summed E-state index contributed by atoms with van der Waals surface area (Å²) in [6.07, 6.45) is 6.42. The molecule has 0 aliphatic heterocycles. The van der Waals surface area contributed by atoms with Crippen LogP contribution in [0.5, 0.6) is 0 Å². The molecule has 1 fully saturated rings. The van der Waals surface area contributed by atoms with Crippen molar-refractivity contribution in [1.29, 1.82) is 0 Å². The van der Waals surface area contributed by atoms with Gasteiger partial charge in [-0.05, 0) is 43.2 Å². The van der Waals surface area contributed by atoms with Crippen LogP contribution in [0, 0.1) is 11.8 Å². The average molecular weight is 218 g/mol. The van der Waals surface area contributed by atoms with Gasteiger partial charge in [0.15, 0.2) is 0 Å². The molecule has 1 aromatic rings. The van der Waals surface area contributed by atoms with Crippen LogP contribution < -0.4 is 5.73 Å². The fourth-order valence-corrected chi connectivity index (χ4v) is 2.82. The summed E-state index contributed by atoms with van der Waals surface area (Å²) in [5, 5.41) is 0. The summed E-state index contributed by atoms with van der Waals surface area (Å²) in [7, 11) is 0. The molecule has 2 N–H and O–H groups in total. The van der Waals surface area contributed by atoms with Crippen LogP contribution in [0.2, 0.25) is 0 Å². The molecule has 2 rings (SSSR count). The summed E-state index contributed by atoms with van der Waals surface area (Å²) in [5.41, 5.74) is 7.65. The number of nitrogens with two attached hydrogens (primary N) is 1. The zero-order valence-corrected chi connectivity index (χ0v) is 10.3. The first-order valence-corrected chi connectivity index (χ1v) is 6.29. The van der Waals surface area contributed by atoms with Crippen molar-refractivity contribution >= 4 is 0 Å². The fourth-order valence-electron chi connectivity index (χ4n) is 2.82. The average Bonchev–Trinajstić information content (AvgIpc) is 2.26. The van der Waals surface area contributed by atoms with Crippen LogP contribution in [0.25, 0.3) is 0 Å². The Morgan fingerprint density at radius 3 is 2.88 bits per heavy atom. The van der Waals surface area contributed by atoms with E-state index in [4.69, 9.17) is 5.73 Å². The maximum atomic E-state index is 6.56. The van der Waals surface area contributed by atoms with Crippen LogP contribution in [-0.4, -0.2) is 10.5 Å². The van der Waals surface area contributed by atoms with Crippen LogP contribution in [-0.2, 0) is 6.42 Å². The highest BCUT2D eigenvalue weighted by Gasteiger charge is 2.36. The van der Waals surface area contributed by atoms with E-state index in [9.17, 15) is 0 Å². The van der Waals surface area contributed by atoms with Crippen LogP contribution in [0.4, 0.5) is 0 Å². The van der Waals surface area contributed by atoms with Crippen LogP contribution >= 0.6 is 0 Å². The van der Waals surface area contributed by atoms with Crippen molar-refractivity contribution in [2.75, 3.05) is 0 Å². The molecule has 0 aromatic carbocycles. The molecule has 88 valence electrons. The summed E-state index contributed by atoms with van der Waals surface area (Å²) in [5.74, 6) is 1.42. The van der Waals surface area contributed by atoms with Gasteiger partial charge in [0.05, 0.1) is 0 Å². The Balaban J connectivity index is 2.08. The van der Waals surface area contributed by atoms with E-state index in [2.05, 4.69) is 24.9 Å². The summed E-state index contributed by atoms with van der Waals surface area (Å²) >= 11 is 0. The minimum absolute atomic E-state index is 0.0408. The third-order valence-corrected chi connectivity index (χ3v) is 4.08. The summed E-state index contributed by atoms with van der Waals surface area (Å²) in [4.78, 5) is 4.39. The highest BCUT2D eigenvalue weighted by molar-refractivity contribution is 5.10. The lowest BCUT2D eigenvalue weighted by atomic mass is 9.68. The molecule has 2 nitrogen and oxygen atoms in total. The number of nitrogens with zero attached hydrogens (tertiary/aromatic N) is 1. The van der Waals surface area contributed by atoms with Gasteiger partial charge in [-0.15, -0.1) is 0 Å². The topological polar surface area (TPSA) is 38.9 Å². The van der Waals surface area contributed by atoms with Crippen molar-refractivity contribution in [3.05, 3.63) is 30.1 Å². The highest BCUT2D eigenvalue weighted by atomic mass is 14.8. The quantitative estimate of drug-likeness (QED) is 0.829. The molecule has 0 saturated heterocycles. The SMILES string of the molecule is CC1CCC(N)(Cc2ccccn2)C(C)C1. The first-order valence-electron chi connectivity index (χ1n) is 6.29. The Morgan fingerprint density at radius 2 is 2.25 bits per heavy atom. The zero-order chi connectivity index (χ0) is 11.6. The molecule has 0 bridgehead atoms. The number of hydrogen-bond acceptors (Lipinski definition) is 2. The van der Waals surface area contributed by atoms with E-state index < -0.39 is 0 Å². The first kappa shape index (κ1) is 11.6. The molecule has 1 aliphatic rings. The molecule has 16 heavy (non-hydrogen) atoms. The van der Waals surface area contributed by atoms with Crippen molar-refractivity contribution in [2.45, 2.75) is 45.1 Å². The van der Waals surface area contributed by atoms with Crippen molar-refractivity contribution in [1.82, 2.24) is 4.98 Å². The maximum Gasteiger partial charge on any atom is 0.0422 e. The molecule has 2 heteroatoms. The van der Waals surface area contributed by atoms with Gasteiger partial charge in [0.1, 0.15) is 0 Å². The second-order valence-electron chi connectivity index (χ2n) is 5.51. The minimum atomic E-state index is -0.0408. The third kappa shape index (κ3) is 2.43. The Kier molecular flexibility index (Phi) is 3.29. The lowest BCUT2D eigenvalue weighted by molar-refractivity contribution is 0.162. The van der Waals surface area contributed by atoms with Crippen LogP contribution in [0.15, 0.2) is 24.4 Å². The van der Waals surface area contributed by atoms with E-state index in [0.29, 0.717) is 5.92 Å². The summed E-state index contributed by atoms with van der Waals surface area (Å²) in [6.45, 7) is 4.62. The van der Waals surface area contributed by atoms with E-state index in [-0.39, 0.29) is 5.54 Å². The van der Waals surface area contributed by atoms with E-state index in [1.807, 2.05) is 18.3 Å². The normalized spacial score (nSPS) is 34.9. The molecule has 3 atom stereocenters. The van der Waals surface area contributed by atoms with Gasteiger partial charge in [-0.2, -0.15) is 0 Å². The number of rotatable bonds is 2. The maximum absolute atomic E-state index is 6.56. The van der Waals surface area contributed by atoms with E-state index >= 15 is 0 Å².